The Bertz CT molecular complexity index is 988. The molecule has 1 heteroatoms. The smallest absolute Gasteiger partial charge is 0.199 e. The summed E-state index contributed by atoms with van der Waals surface area (Å²) in [5, 5.41) is 5.39. The number of rotatable bonds is 0. The van der Waals surface area contributed by atoms with E-state index < -0.39 is 0 Å². The van der Waals surface area contributed by atoms with Gasteiger partial charge in [0.25, 0.3) is 0 Å². The van der Waals surface area contributed by atoms with E-state index in [0.29, 0.717) is 0 Å². The van der Waals surface area contributed by atoms with Crippen LogP contribution in [0.4, 0.5) is 0 Å². The molecule has 5 aromatic carbocycles. The normalized spacial score (nSPS) is 9.43. The van der Waals surface area contributed by atoms with Crippen LogP contribution in [0.2, 0.25) is 0 Å². The van der Waals surface area contributed by atoms with Gasteiger partial charge in [0.05, 0.1) is 0 Å². The molecule has 0 unspecified atom stereocenters. The summed E-state index contributed by atoms with van der Waals surface area (Å²) >= 11 is 0. The molecule has 1 radical (unpaired) electrons. The second-order valence-corrected chi connectivity index (χ2v) is 6.29. The molecule has 0 aromatic heterocycles. The first-order valence-electron chi connectivity index (χ1n) is 9.01. The molecule has 0 aliphatic heterocycles. The molecule has 0 aliphatic rings. The maximum atomic E-state index is 3.72. The van der Waals surface area contributed by atoms with Gasteiger partial charge in [-0.2, -0.15) is 49.2 Å². The van der Waals surface area contributed by atoms with Gasteiger partial charge in [-0.3, -0.25) is 0 Å². The van der Waals surface area contributed by atoms with Gasteiger partial charge in [0.1, 0.15) is 0 Å². The van der Waals surface area contributed by atoms with Gasteiger partial charge in [0.2, 0.25) is 0 Å². The van der Waals surface area contributed by atoms with Crippen molar-refractivity contribution < 1.29 is 26.2 Å². The SMILES string of the molecule is [CH2-]c1ccccc1.[CH2-]c1ccccc1.[Zr+3].c1ccc2c(c1)[cH-]c1ccccc12. The fourth-order valence-electron chi connectivity index (χ4n) is 2.86. The molecule has 0 saturated carbocycles. The molecule has 0 N–H and O–H groups in total. The van der Waals surface area contributed by atoms with Crippen LogP contribution in [0.1, 0.15) is 11.1 Å². The molecule has 0 aliphatic carbocycles. The van der Waals surface area contributed by atoms with Gasteiger partial charge in [-0.25, -0.2) is 0 Å². The zero-order valence-electron chi connectivity index (χ0n) is 15.9. The van der Waals surface area contributed by atoms with Gasteiger partial charge >= 0.3 is 26.2 Å². The zero-order valence-corrected chi connectivity index (χ0v) is 18.3. The van der Waals surface area contributed by atoms with Crippen LogP contribution in [0.3, 0.4) is 0 Å². The molecular weight excluding hydrogens is 416 g/mol. The van der Waals surface area contributed by atoms with Crippen LogP contribution in [0.5, 0.6) is 0 Å². The van der Waals surface area contributed by atoms with Crippen molar-refractivity contribution in [2.75, 3.05) is 0 Å². The third-order valence-corrected chi connectivity index (χ3v) is 4.21. The van der Waals surface area contributed by atoms with E-state index >= 15 is 0 Å². The van der Waals surface area contributed by atoms with Crippen LogP contribution in [0.15, 0.2) is 115 Å². The molecule has 0 amide bonds. The van der Waals surface area contributed by atoms with Gasteiger partial charge in [-0.05, 0) is 0 Å². The molecule has 5 aromatic rings. The summed E-state index contributed by atoms with van der Waals surface area (Å²) in [7, 11) is 0. The number of hydrogen-bond donors (Lipinski definition) is 0. The largest absolute Gasteiger partial charge is 3.00 e. The van der Waals surface area contributed by atoms with E-state index in [-0.39, 0.29) is 26.2 Å². The first-order chi connectivity index (χ1) is 13.2. The van der Waals surface area contributed by atoms with E-state index in [2.05, 4.69) is 68.4 Å². The van der Waals surface area contributed by atoms with E-state index in [1.54, 1.807) is 0 Å². The van der Waals surface area contributed by atoms with Gasteiger partial charge in [0, 0.05) is 0 Å². The number of benzene rings is 4. The van der Waals surface area contributed by atoms with E-state index in [1.807, 2.05) is 60.7 Å². The van der Waals surface area contributed by atoms with E-state index in [9.17, 15) is 0 Å². The van der Waals surface area contributed by atoms with Crippen LogP contribution in [0, 0.1) is 13.8 Å². The summed E-state index contributed by atoms with van der Waals surface area (Å²) in [5.41, 5.74) is 2.14. The van der Waals surface area contributed by atoms with E-state index in [4.69, 9.17) is 0 Å². The standard InChI is InChI=1S/C13H9.2C7H7.Zr/c1-3-7-12-10(5-1)9-11-6-2-4-8-13(11)12;2*1-7-5-3-2-4-6-7;/h1-9H;2*2-6H,1H2;/q3*-1;+3. The molecule has 0 heterocycles. The Morgan fingerprint density at radius 2 is 0.750 bits per heavy atom. The molecular formula is C27H23Zr. The summed E-state index contributed by atoms with van der Waals surface area (Å²) in [5.74, 6) is 0. The second kappa shape index (κ2) is 11.3. The average Bonchev–Trinajstić information content (AvgIpc) is 3.09. The van der Waals surface area contributed by atoms with Crippen LogP contribution >= 0.6 is 0 Å². The summed E-state index contributed by atoms with van der Waals surface area (Å²) < 4.78 is 0. The molecule has 0 saturated heterocycles. The minimum atomic E-state index is 0. The number of fused-ring (bicyclic) bond motifs is 3. The summed E-state index contributed by atoms with van der Waals surface area (Å²) in [4.78, 5) is 0. The predicted molar refractivity (Wildman–Crippen MR) is 119 cm³/mol. The quantitative estimate of drug-likeness (QED) is 0.220. The van der Waals surface area contributed by atoms with Crippen LogP contribution < -0.4 is 0 Å². The first kappa shape index (κ1) is 21.7. The van der Waals surface area contributed by atoms with Crippen LogP contribution in [-0.2, 0) is 26.2 Å². The van der Waals surface area contributed by atoms with Crippen LogP contribution in [0.25, 0.3) is 21.5 Å². The van der Waals surface area contributed by atoms with Crippen molar-refractivity contribution in [2.24, 2.45) is 0 Å². The maximum absolute atomic E-state index is 3.72. The second-order valence-electron chi connectivity index (χ2n) is 6.29. The van der Waals surface area contributed by atoms with Crippen molar-refractivity contribution in [1.29, 1.82) is 0 Å². The van der Waals surface area contributed by atoms with Crippen molar-refractivity contribution in [1.82, 2.24) is 0 Å². The third kappa shape index (κ3) is 6.22. The Labute approximate surface area is 187 Å². The minimum absolute atomic E-state index is 0. The average molecular weight is 439 g/mol. The molecule has 135 valence electrons. The fourth-order valence-corrected chi connectivity index (χ4v) is 2.86. The van der Waals surface area contributed by atoms with E-state index in [0.717, 1.165) is 11.1 Å². The Morgan fingerprint density at radius 1 is 0.429 bits per heavy atom. The van der Waals surface area contributed by atoms with Crippen molar-refractivity contribution in [2.45, 2.75) is 0 Å². The predicted octanol–water partition coefficient (Wildman–Crippen LogP) is 7.45. The summed E-state index contributed by atoms with van der Waals surface area (Å²) in [6, 6.07) is 39.0. The van der Waals surface area contributed by atoms with Gasteiger partial charge < -0.3 is 0 Å². The maximum Gasteiger partial charge on any atom is 3.00 e. The Kier molecular flexibility index (Phi) is 8.72. The Hall–Kier alpha value is -2.63. The van der Waals surface area contributed by atoms with Crippen molar-refractivity contribution in [3.05, 3.63) is 140 Å². The molecule has 0 spiro atoms. The van der Waals surface area contributed by atoms with Crippen molar-refractivity contribution >= 4 is 21.5 Å². The zero-order chi connectivity index (χ0) is 18.9. The Balaban J connectivity index is 0.000000161. The van der Waals surface area contributed by atoms with Gasteiger partial charge in [0.15, 0.2) is 0 Å². The molecule has 5 rings (SSSR count). The molecule has 0 atom stereocenters. The summed E-state index contributed by atoms with van der Waals surface area (Å²) in [6.45, 7) is 7.44. The van der Waals surface area contributed by atoms with E-state index in [1.165, 1.54) is 21.5 Å². The van der Waals surface area contributed by atoms with Crippen molar-refractivity contribution in [3.8, 4) is 0 Å². The molecule has 28 heavy (non-hydrogen) atoms. The van der Waals surface area contributed by atoms with Gasteiger partial charge in [-0.15, -0.1) is 64.0 Å². The van der Waals surface area contributed by atoms with Crippen molar-refractivity contribution in [3.63, 3.8) is 0 Å². The van der Waals surface area contributed by atoms with Gasteiger partial charge in [-0.1, -0.05) is 48.5 Å². The topological polar surface area (TPSA) is 0 Å². The first-order valence-corrected chi connectivity index (χ1v) is 9.01. The molecule has 0 nitrogen and oxygen atoms in total. The Morgan fingerprint density at radius 3 is 1.07 bits per heavy atom. The number of hydrogen-bond acceptors (Lipinski definition) is 0. The third-order valence-electron chi connectivity index (χ3n) is 4.21. The minimum Gasteiger partial charge on any atom is -0.199 e. The molecule has 0 fully saturated rings. The summed E-state index contributed by atoms with van der Waals surface area (Å²) in [6.07, 6.45) is 0. The van der Waals surface area contributed by atoms with Crippen LogP contribution in [-0.4, -0.2) is 0 Å². The molecule has 0 bridgehead atoms. The monoisotopic (exact) mass is 437 g/mol. The fraction of sp³-hybridized carbons (Fsp3) is 0.